The Morgan fingerprint density at radius 1 is 1.26 bits per heavy atom. The van der Waals surface area contributed by atoms with Crippen molar-refractivity contribution in [3.8, 4) is 0 Å². The van der Waals surface area contributed by atoms with Crippen LogP contribution in [0.15, 0.2) is 29.3 Å². The Labute approximate surface area is 203 Å². The monoisotopic (exact) mass is 500 g/mol. The van der Waals surface area contributed by atoms with E-state index in [-0.39, 0.29) is 57.0 Å². The van der Waals surface area contributed by atoms with Gasteiger partial charge in [0.1, 0.15) is 11.9 Å². The number of alkyl halides is 3. The van der Waals surface area contributed by atoms with E-state index in [9.17, 15) is 27.6 Å². The lowest BCUT2D eigenvalue weighted by atomic mass is 9.93. The van der Waals surface area contributed by atoms with Crippen LogP contribution >= 0.6 is 0 Å². The zero-order chi connectivity index (χ0) is 25.8. The Hall–Kier alpha value is -3.02. The smallest absolute Gasteiger partial charge is 0.252 e. The molecule has 3 heterocycles. The molecule has 9 nitrogen and oxygen atoms in total. The molecule has 3 rings (SSSR count). The first-order chi connectivity index (χ1) is 16.8. The molecule has 0 aromatic carbocycles. The number of nitrogens with one attached hydrogen (secondary N) is 1. The van der Waals surface area contributed by atoms with Gasteiger partial charge in [0.2, 0.25) is 5.91 Å². The number of aryl methyl sites for hydroxylation is 1. The molecule has 35 heavy (non-hydrogen) atoms. The molecule has 1 unspecified atom stereocenters. The quantitative estimate of drug-likeness (QED) is 0.475. The summed E-state index contributed by atoms with van der Waals surface area (Å²) < 4.78 is 41.7. The van der Waals surface area contributed by atoms with Crippen molar-refractivity contribution in [1.29, 1.82) is 0 Å². The second kappa shape index (κ2) is 14.4. The number of carbonyl (C=O) groups excluding carboxylic acids is 2. The molecule has 2 aromatic rings. The third-order valence-corrected chi connectivity index (χ3v) is 5.60. The van der Waals surface area contributed by atoms with E-state index in [2.05, 4.69) is 15.6 Å². The number of aldehydes is 1. The minimum Gasteiger partial charge on any atom is -0.326 e. The summed E-state index contributed by atoms with van der Waals surface area (Å²) in [5.74, 6) is -0.112. The largest absolute Gasteiger partial charge is 0.326 e. The van der Waals surface area contributed by atoms with Gasteiger partial charge >= 0.3 is 0 Å². The SMILES string of the molecule is CC.O=Cc1cn(CC(F)CCn2ccc(NC(=O)CC3CCN(CC(F)F)CC3)cc2=O)nn1.[HH]. The third kappa shape index (κ3) is 9.63. The molecule has 0 bridgehead atoms. The van der Waals surface area contributed by atoms with Crippen molar-refractivity contribution >= 4 is 17.9 Å². The highest BCUT2D eigenvalue weighted by Gasteiger charge is 2.23. The van der Waals surface area contributed by atoms with Crippen molar-refractivity contribution in [3.05, 3.63) is 40.6 Å². The fraction of sp³-hybridized carbons (Fsp3) is 0.609. The van der Waals surface area contributed by atoms with Crippen LogP contribution in [0.4, 0.5) is 18.9 Å². The van der Waals surface area contributed by atoms with Crippen LogP contribution < -0.4 is 10.9 Å². The summed E-state index contributed by atoms with van der Waals surface area (Å²) in [6.45, 7) is 4.91. The van der Waals surface area contributed by atoms with Gasteiger partial charge in [-0.15, -0.1) is 5.10 Å². The summed E-state index contributed by atoms with van der Waals surface area (Å²) in [7, 11) is 0. The Balaban J connectivity index is 0.00000211. The van der Waals surface area contributed by atoms with E-state index >= 15 is 0 Å². The number of pyridine rings is 1. The van der Waals surface area contributed by atoms with Gasteiger partial charge in [-0.05, 0) is 44.3 Å². The lowest BCUT2D eigenvalue weighted by Gasteiger charge is -2.31. The van der Waals surface area contributed by atoms with E-state index in [1.807, 2.05) is 13.8 Å². The van der Waals surface area contributed by atoms with Crippen LogP contribution in [0.25, 0.3) is 0 Å². The molecule has 1 atom stereocenters. The summed E-state index contributed by atoms with van der Waals surface area (Å²) in [4.78, 5) is 36.9. The third-order valence-electron chi connectivity index (χ3n) is 5.60. The van der Waals surface area contributed by atoms with Crippen molar-refractivity contribution in [2.75, 3.05) is 25.0 Å². The maximum absolute atomic E-state index is 14.2. The van der Waals surface area contributed by atoms with Gasteiger partial charge in [0.15, 0.2) is 6.29 Å². The van der Waals surface area contributed by atoms with E-state index in [4.69, 9.17) is 0 Å². The van der Waals surface area contributed by atoms with Crippen LogP contribution in [0.1, 0.15) is 51.4 Å². The van der Waals surface area contributed by atoms with Gasteiger partial charge in [0.05, 0.1) is 19.3 Å². The minimum absolute atomic E-state index is 0. The first kappa shape index (κ1) is 28.2. The number of piperidine rings is 1. The number of nitrogens with zero attached hydrogens (tertiary/aromatic N) is 5. The number of hydrogen-bond acceptors (Lipinski definition) is 6. The minimum atomic E-state index is -2.35. The zero-order valence-corrected chi connectivity index (χ0v) is 20.1. The second-order valence-corrected chi connectivity index (χ2v) is 8.20. The highest BCUT2D eigenvalue weighted by Crippen LogP contribution is 2.21. The van der Waals surface area contributed by atoms with E-state index in [1.165, 1.54) is 27.7 Å². The average molecular weight is 501 g/mol. The van der Waals surface area contributed by atoms with E-state index in [0.29, 0.717) is 37.9 Å². The Morgan fingerprint density at radius 3 is 2.57 bits per heavy atom. The molecule has 1 N–H and O–H groups in total. The van der Waals surface area contributed by atoms with Gasteiger partial charge in [-0.3, -0.25) is 19.3 Å². The van der Waals surface area contributed by atoms with Gasteiger partial charge in [-0.25, -0.2) is 17.9 Å². The summed E-state index contributed by atoms with van der Waals surface area (Å²) in [6.07, 6.45) is 1.40. The molecule has 0 spiro atoms. The Morgan fingerprint density at radius 2 is 1.97 bits per heavy atom. The van der Waals surface area contributed by atoms with Gasteiger partial charge in [-0.2, -0.15) is 0 Å². The molecular weight excluding hydrogens is 465 g/mol. The van der Waals surface area contributed by atoms with Crippen LogP contribution in [0.5, 0.6) is 0 Å². The molecule has 1 aliphatic heterocycles. The molecule has 1 fully saturated rings. The maximum Gasteiger partial charge on any atom is 0.252 e. The number of rotatable bonds is 11. The second-order valence-electron chi connectivity index (χ2n) is 8.20. The standard InChI is InChI=1S/C21H27F3N6O3.C2H6.H2/c22-16(11-30-12-18(14-31)26-27-30)3-7-29-8-4-17(10-21(29)33)25-20(32)9-15-1-5-28(6-2-15)13-19(23)24;1-2;/h4,8,10,12,14-16,19H,1-3,5-7,9,11,13H2,(H,25,32);1-2H3;1H. The van der Waals surface area contributed by atoms with E-state index < -0.39 is 12.6 Å². The van der Waals surface area contributed by atoms with Crippen LogP contribution in [-0.2, 0) is 17.9 Å². The Kier molecular flexibility index (Phi) is 11.6. The normalized spacial score (nSPS) is 15.4. The summed E-state index contributed by atoms with van der Waals surface area (Å²) in [5.41, 5.74) is 0.106. The number of likely N-dealkylation sites (tertiary alicyclic amines) is 1. The molecule has 1 saturated heterocycles. The van der Waals surface area contributed by atoms with Crippen molar-refractivity contribution in [1.82, 2.24) is 24.5 Å². The summed E-state index contributed by atoms with van der Waals surface area (Å²) in [5, 5.41) is 9.91. The fourth-order valence-corrected chi connectivity index (χ4v) is 3.84. The number of carbonyl (C=O) groups is 2. The van der Waals surface area contributed by atoms with Crippen molar-refractivity contribution in [2.24, 2.45) is 5.92 Å². The molecule has 1 amide bonds. The van der Waals surface area contributed by atoms with Gasteiger partial charge in [0.25, 0.3) is 12.0 Å². The van der Waals surface area contributed by atoms with Crippen LogP contribution in [0, 0.1) is 5.92 Å². The van der Waals surface area contributed by atoms with Crippen molar-refractivity contribution < 1.29 is 24.2 Å². The fourth-order valence-electron chi connectivity index (χ4n) is 3.84. The van der Waals surface area contributed by atoms with Crippen LogP contribution in [-0.4, -0.2) is 68.9 Å². The molecule has 0 aliphatic carbocycles. The zero-order valence-electron chi connectivity index (χ0n) is 20.1. The first-order valence-electron chi connectivity index (χ1n) is 11.8. The average Bonchev–Trinajstić information content (AvgIpc) is 3.28. The number of anilines is 1. The predicted octanol–water partition coefficient (Wildman–Crippen LogP) is 3.26. The highest BCUT2D eigenvalue weighted by atomic mass is 19.3. The molecule has 196 valence electrons. The van der Waals surface area contributed by atoms with Crippen LogP contribution in [0.2, 0.25) is 0 Å². The van der Waals surface area contributed by atoms with Crippen LogP contribution in [0.3, 0.4) is 0 Å². The van der Waals surface area contributed by atoms with E-state index in [0.717, 1.165) is 0 Å². The lowest BCUT2D eigenvalue weighted by molar-refractivity contribution is -0.117. The highest BCUT2D eigenvalue weighted by molar-refractivity contribution is 5.90. The number of halogens is 3. The van der Waals surface area contributed by atoms with Gasteiger partial charge in [0, 0.05) is 32.3 Å². The first-order valence-corrected chi connectivity index (χ1v) is 11.8. The number of amides is 1. The molecule has 2 aromatic heterocycles. The molecule has 1 aliphatic rings. The van der Waals surface area contributed by atoms with Crippen molar-refractivity contribution in [2.45, 2.75) is 65.2 Å². The van der Waals surface area contributed by atoms with E-state index in [1.54, 1.807) is 11.0 Å². The molecule has 0 radical (unpaired) electrons. The summed E-state index contributed by atoms with van der Waals surface area (Å²) >= 11 is 0. The summed E-state index contributed by atoms with van der Waals surface area (Å²) in [6, 6.07) is 2.86. The van der Waals surface area contributed by atoms with Crippen molar-refractivity contribution in [3.63, 3.8) is 0 Å². The topological polar surface area (TPSA) is 102 Å². The number of aromatic nitrogens is 4. The number of hydrogen-bond donors (Lipinski definition) is 1. The van der Waals surface area contributed by atoms with Gasteiger partial charge < -0.3 is 9.88 Å². The molecular formula is C23H35F3N6O3. The van der Waals surface area contributed by atoms with Gasteiger partial charge in [-0.1, -0.05) is 19.1 Å². The predicted molar refractivity (Wildman–Crippen MR) is 128 cm³/mol. The lowest BCUT2D eigenvalue weighted by Crippen LogP contribution is -2.37. The maximum atomic E-state index is 14.2. The molecule has 12 heteroatoms. The molecule has 0 saturated carbocycles. The Bertz CT molecular complexity index is 995.